The average Bonchev–Trinajstić information content (AvgIpc) is 2.27. The largest absolute Gasteiger partial charge is 0.381 e. The Kier molecular flexibility index (Phi) is 2.24. The molecule has 0 aliphatic carbocycles. The van der Waals surface area contributed by atoms with E-state index in [1.54, 1.807) is 0 Å². The van der Waals surface area contributed by atoms with Crippen LogP contribution in [0.25, 0.3) is 0 Å². The molecule has 0 radical (unpaired) electrons. The highest BCUT2D eigenvalue weighted by Crippen LogP contribution is 2.24. The molecule has 0 fully saturated rings. The van der Waals surface area contributed by atoms with Gasteiger partial charge in [0.25, 0.3) is 5.91 Å². The van der Waals surface area contributed by atoms with E-state index in [1.807, 2.05) is 24.3 Å². The van der Waals surface area contributed by atoms with Gasteiger partial charge in [0.15, 0.2) is 0 Å². The number of fused-ring (bicyclic) bond motifs is 1. The summed E-state index contributed by atoms with van der Waals surface area (Å²) >= 11 is 0. The van der Waals surface area contributed by atoms with Crippen molar-refractivity contribution in [3.63, 3.8) is 0 Å². The van der Waals surface area contributed by atoms with E-state index in [1.165, 1.54) is 0 Å². The third kappa shape index (κ3) is 1.49. The fraction of sp³-hybridized carbons (Fsp3) is 0.222. The average molecular weight is 192 g/mol. The van der Waals surface area contributed by atoms with Gasteiger partial charge < -0.3 is 10.6 Å². The topological polar surface area (TPSA) is 79.2 Å². The molecule has 1 amide bonds. The number of para-hydroxylation sites is 2. The molecule has 1 aromatic rings. The lowest BCUT2D eigenvalue weighted by atomic mass is 10.1. The first-order valence-corrected chi connectivity index (χ1v) is 4.41. The Hall–Kier alpha value is -1.75. The molecule has 5 nitrogen and oxygen atoms in total. The van der Waals surface area contributed by atoms with E-state index in [2.05, 4.69) is 16.1 Å². The van der Waals surface area contributed by atoms with E-state index in [0.717, 1.165) is 11.4 Å². The van der Waals surface area contributed by atoms with Crippen molar-refractivity contribution in [3.8, 4) is 0 Å². The van der Waals surface area contributed by atoms with Crippen LogP contribution in [-0.4, -0.2) is 18.5 Å². The van der Waals surface area contributed by atoms with Crippen molar-refractivity contribution in [3.05, 3.63) is 24.3 Å². The zero-order valence-electron chi connectivity index (χ0n) is 7.58. The molecule has 14 heavy (non-hydrogen) atoms. The molecule has 1 aromatic carbocycles. The molecular formula is C9H12N4O. The summed E-state index contributed by atoms with van der Waals surface area (Å²) in [6.45, 7) is 0.542. The summed E-state index contributed by atoms with van der Waals surface area (Å²) in [6.07, 6.45) is 0. The van der Waals surface area contributed by atoms with Crippen LogP contribution in [0, 0.1) is 0 Å². The van der Waals surface area contributed by atoms with Crippen LogP contribution in [0.4, 0.5) is 11.4 Å². The van der Waals surface area contributed by atoms with Gasteiger partial charge in [-0.3, -0.25) is 10.2 Å². The molecule has 0 bridgehead atoms. The Morgan fingerprint density at radius 1 is 1.43 bits per heavy atom. The molecule has 5 N–H and O–H groups in total. The maximum atomic E-state index is 11.2. The molecule has 0 saturated heterocycles. The van der Waals surface area contributed by atoms with Gasteiger partial charge in [-0.2, -0.15) is 0 Å². The second-order valence-corrected chi connectivity index (χ2v) is 3.13. The van der Waals surface area contributed by atoms with E-state index < -0.39 is 0 Å². The third-order valence-corrected chi connectivity index (χ3v) is 2.21. The molecule has 0 unspecified atom stereocenters. The minimum absolute atomic E-state index is 0.216. The first-order valence-electron chi connectivity index (χ1n) is 4.41. The molecule has 0 saturated carbocycles. The van der Waals surface area contributed by atoms with Gasteiger partial charge in [-0.25, -0.2) is 5.84 Å². The number of hydrazine groups is 1. The van der Waals surface area contributed by atoms with E-state index in [-0.39, 0.29) is 11.9 Å². The fourth-order valence-corrected chi connectivity index (χ4v) is 1.47. The number of carbonyl (C=O) groups excluding carboxylic acids is 1. The number of rotatable bonds is 1. The molecular weight excluding hydrogens is 180 g/mol. The van der Waals surface area contributed by atoms with E-state index in [9.17, 15) is 4.79 Å². The Labute approximate surface area is 81.6 Å². The summed E-state index contributed by atoms with van der Waals surface area (Å²) in [5, 5.41) is 6.24. The van der Waals surface area contributed by atoms with Gasteiger partial charge in [-0.05, 0) is 12.1 Å². The molecule has 5 heteroatoms. The zero-order valence-corrected chi connectivity index (χ0v) is 7.58. The predicted octanol–water partition coefficient (Wildman–Crippen LogP) is -0.117. The van der Waals surface area contributed by atoms with Crippen LogP contribution in [0.1, 0.15) is 0 Å². The maximum Gasteiger partial charge on any atom is 0.258 e. The SMILES string of the molecule is NNC(=O)[C@H]1CNc2ccccc2N1. The monoisotopic (exact) mass is 192 g/mol. The van der Waals surface area contributed by atoms with E-state index in [4.69, 9.17) is 5.84 Å². The second kappa shape index (κ2) is 3.55. The molecule has 2 rings (SSSR count). The second-order valence-electron chi connectivity index (χ2n) is 3.13. The van der Waals surface area contributed by atoms with E-state index in [0.29, 0.717) is 6.54 Å². The van der Waals surface area contributed by atoms with Gasteiger partial charge in [0, 0.05) is 6.54 Å². The summed E-state index contributed by atoms with van der Waals surface area (Å²) < 4.78 is 0. The van der Waals surface area contributed by atoms with Crippen molar-refractivity contribution in [1.82, 2.24) is 5.43 Å². The number of anilines is 2. The van der Waals surface area contributed by atoms with Gasteiger partial charge in [0.05, 0.1) is 11.4 Å². The molecule has 1 atom stereocenters. The van der Waals surface area contributed by atoms with Crippen LogP contribution >= 0.6 is 0 Å². The highest BCUT2D eigenvalue weighted by Gasteiger charge is 2.22. The van der Waals surface area contributed by atoms with Crippen molar-refractivity contribution < 1.29 is 4.79 Å². The fourth-order valence-electron chi connectivity index (χ4n) is 1.47. The summed E-state index contributed by atoms with van der Waals surface area (Å²) in [5.74, 6) is 4.84. The third-order valence-electron chi connectivity index (χ3n) is 2.21. The Morgan fingerprint density at radius 3 is 2.86 bits per heavy atom. The van der Waals surface area contributed by atoms with Crippen LogP contribution in [-0.2, 0) is 4.79 Å². The van der Waals surface area contributed by atoms with E-state index >= 15 is 0 Å². The first kappa shape index (κ1) is 8.83. The maximum absolute atomic E-state index is 11.2. The Balaban J connectivity index is 2.17. The van der Waals surface area contributed by atoms with Crippen LogP contribution in [0.15, 0.2) is 24.3 Å². The summed E-state index contributed by atoms with van der Waals surface area (Å²) in [6, 6.07) is 7.42. The zero-order chi connectivity index (χ0) is 9.97. The molecule has 74 valence electrons. The van der Waals surface area contributed by atoms with Gasteiger partial charge in [0.2, 0.25) is 0 Å². The van der Waals surface area contributed by atoms with Crippen molar-refractivity contribution >= 4 is 17.3 Å². The first-order chi connectivity index (χ1) is 6.81. The van der Waals surface area contributed by atoms with Gasteiger partial charge >= 0.3 is 0 Å². The van der Waals surface area contributed by atoms with Crippen LogP contribution in [0.3, 0.4) is 0 Å². The smallest absolute Gasteiger partial charge is 0.258 e. The van der Waals surface area contributed by atoms with Crippen LogP contribution in [0.2, 0.25) is 0 Å². The van der Waals surface area contributed by atoms with Crippen LogP contribution in [0.5, 0.6) is 0 Å². The van der Waals surface area contributed by atoms with Crippen molar-refractivity contribution in [1.29, 1.82) is 0 Å². The van der Waals surface area contributed by atoms with Crippen LogP contribution < -0.4 is 21.9 Å². The summed E-state index contributed by atoms with van der Waals surface area (Å²) in [4.78, 5) is 11.2. The molecule has 1 aliphatic heterocycles. The van der Waals surface area contributed by atoms with Crippen molar-refractivity contribution in [2.75, 3.05) is 17.2 Å². The standard InChI is InChI=1S/C9H12N4O/c10-13-9(14)8-5-11-6-3-1-2-4-7(6)12-8/h1-4,8,11-12H,5,10H2,(H,13,14)/t8-/m1/s1. The highest BCUT2D eigenvalue weighted by atomic mass is 16.2. The highest BCUT2D eigenvalue weighted by molar-refractivity contribution is 5.88. The number of hydrogen-bond donors (Lipinski definition) is 4. The molecule has 1 aliphatic rings. The number of benzene rings is 1. The van der Waals surface area contributed by atoms with Crippen molar-refractivity contribution in [2.45, 2.75) is 6.04 Å². The molecule has 0 spiro atoms. The molecule has 0 aromatic heterocycles. The normalized spacial score (nSPS) is 18.8. The molecule has 1 heterocycles. The Bertz CT molecular complexity index is 352. The lowest BCUT2D eigenvalue weighted by Crippen LogP contribution is -2.48. The quantitative estimate of drug-likeness (QED) is 0.284. The number of amides is 1. The Morgan fingerprint density at radius 2 is 2.14 bits per heavy atom. The minimum atomic E-state index is -0.310. The number of hydrogen-bond acceptors (Lipinski definition) is 4. The number of nitrogens with one attached hydrogen (secondary N) is 3. The van der Waals surface area contributed by atoms with Gasteiger partial charge in [-0.1, -0.05) is 12.1 Å². The van der Waals surface area contributed by atoms with Crippen molar-refractivity contribution in [2.24, 2.45) is 5.84 Å². The summed E-state index contributed by atoms with van der Waals surface area (Å²) in [5.41, 5.74) is 4.06. The van der Waals surface area contributed by atoms with Gasteiger partial charge in [-0.15, -0.1) is 0 Å². The summed E-state index contributed by atoms with van der Waals surface area (Å²) in [7, 11) is 0. The lowest BCUT2D eigenvalue weighted by Gasteiger charge is -2.26. The van der Waals surface area contributed by atoms with Gasteiger partial charge in [0.1, 0.15) is 6.04 Å². The number of carbonyl (C=O) groups is 1. The predicted molar refractivity (Wildman–Crippen MR) is 54.7 cm³/mol. The lowest BCUT2D eigenvalue weighted by molar-refractivity contribution is -0.121. The number of nitrogens with two attached hydrogens (primary N) is 1. The minimum Gasteiger partial charge on any atom is -0.381 e.